The van der Waals surface area contributed by atoms with Crippen molar-refractivity contribution < 1.29 is 0 Å². The minimum atomic E-state index is 0.198. The molecule has 11 heavy (non-hydrogen) atoms. The summed E-state index contributed by atoms with van der Waals surface area (Å²) in [6.45, 7) is 6.78. The Bertz CT molecular complexity index is 250. The van der Waals surface area contributed by atoms with Crippen LogP contribution in [-0.4, -0.2) is 6.67 Å². The van der Waals surface area contributed by atoms with Crippen molar-refractivity contribution in [3.63, 3.8) is 0 Å². The maximum atomic E-state index is 6.59. The Morgan fingerprint density at radius 2 is 2.00 bits per heavy atom. The molecule has 0 amide bonds. The van der Waals surface area contributed by atoms with Gasteiger partial charge in [-0.25, -0.2) is 17.4 Å². The topological polar surface area (TPSA) is 33.6 Å². The Morgan fingerprint density at radius 3 is 2.55 bits per heavy atom. The number of hydrogen-bond acceptors (Lipinski definition) is 2. The van der Waals surface area contributed by atoms with Gasteiger partial charge in [0, 0.05) is 0 Å². The van der Waals surface area contributed by atoms with E-state index in [0.29, 0.717) is 0 Å². The molecule has 3 heteroatoms. The Balaban J connectivity index is 2.70. The summed E-state index contributed by atoms with van der Waals surface area (Å²) < 4.78 is 0. The van der Waals surface area contributed by atoms with E-state index in [-0.39, 0.29) is 6.67 Å². The van der Waals surface area contributed by atoms with Gasteiger partial charge < -0.3 is 0 Å². The van der Waals surface area contributed by atoms with Gasteiger partial charge in [0.2, 0.25) is 0 Å². The van der Waals surface area contributed by atoms with Crippen molar-refractivity contribution in [2.75, 3.05) is 11.7 Å². The van der Waals surface area contributed by atoms with Crippen LogP contribution < -0.4 is 10.9 Å². The van der Waals surface area contributed by atoms with E-state index in [1.54, 1.807) is 0 Å². The third-order valence-corrected chi connectivity index (χ3v) is 1.31. The van der Waals surface area contributed by atoms with Crippen LogP contribution in [0.25, 0.3) is 4.85 Å². The van der Waals surface area contributed by atoms with E-state index in [9.17, 15) is 0 Å². The minimum Gasteiger partial charge on any atom is -0.292 e. The van der Waals surface area contributed by atoms with Crippen molar-refractivity contribution >= 4 is 5.69 Å². The van der Waals surface area contributed by atoms with Gasteiger partial charge in [0.05, 0.1) is 5.69 Å². The molecule has 0 aliphatic rings. The Morgan fingerprint density at radius 1 is 1.36 bits per heavy atom. The number of nitrogens with zero attached hydrogens (tertiary/aromatic N) is 2. The molecule has 1 rings (SSSR count). The molecule has 0 fully saturated rings. The highest BCUT2D eigenvalue weighted by Crippen LogP contribution is 2.08. The summed E-state index contributed by atoms with van der Waals surface area (Å²) in [5, 5.41) is 1.41. The number of hydrazine groups is 1. The van der Waals surface area contributed by atoms with Gasteiger partial charge in [-0.2, -0.15) is 0 Å². The van der Waals surface area contributed by atoms with Gasteiger partial charge in [-0.1, -0.05) is 18.2 Å². The average molecular weight is 147 g/mol. The van der Waals surface area contributed by atoms with Crippen LogP contribution in [0.3, 0.4) is 0 Å². The number of nitrogens with two attached hydrogens (primary N) is 1. The molecule has 0 atom stereocenters. The van der Waals surface area contributed by atoms with Gasteiger partial charge in [-0.15, -0.1) is 0 Å². The highest BCUT2D eigenvalue weighted by atomic mass is 15.4. The molecule has 2 N–H and O–H groups in total. The van der Waals surface area contributed by atoms with Crippen LogP contribution in [0.4, 0.5) is 5.69 Å². The van der Waals surface area contributed by atoms with Crippen LogP contribution in [0.5, 0.6) is 0 Å². The summed E-state index contributed by atoms with van der Waals surface area (Å²) in [7, 11) is 0. The Hall–Kier alpha value is -1.53. The maximum absolute atomic E-state index is 6.59. The number of anilines is 1. The van der Waals surface area contributed by atoms with Crippen molar-refractivity contribution in [1.29, 1.82) is 0 Å². The summed E-state index contributed by atoms with van der Waals surface area (Å²) >= 11 is 0. The molecule has 0 spiro atoms. The van der Waals surface area contributed by atoms with Crippen LogP contribution in [-0.2, 0) is 0 Å². The van der Waals surface area contributed by atoms with E-state index in [1.165, 1.54) is 5.01 Å². The molecule has 1 aromatic rings. The first-order valence-electron chi connectivity index (χ1n) is 3.25. The van der Waals surface area contributed by atoms with Crippen LogP contribution >= 0.6 is 0 Å². The van der Waals surface area contributed by atoms with Crippen molar-refractivity contribution in [2.24, 2.45) is 5.84 Å². The van der Waals surface area contributed by atoms with Crippen LogP contribution in [0, 0.1) is 6.57 Å². The zero-order chi connectivity index (χ0) is 8.10. The molecule has 3 nitrogen and oxygen atoms in total. The quantitative estimate of drug-likeness (QED) is 0.388. The zero-order valence-electron chi connectivity index (χ0n) is 6.07. The van der Waals surface area contributed by atoms with Gasteiger partial charge in [0.25, 0.3) is 0 Å². The normalized spacial score (nSPS) is 8.73. The van der Waals surface area contributed by atoms with E-state index < -0.39 is 0 Å². The van der Waals surface area contributed by atoms with Crippen LogP contribution in [0.15, 0.2) is 30.3 Å². The van der Waals surface area contributed by atoms with Gasteiger partial charge in [-0.05, 0) is 12.1 Å². The average Bonchev–Trinajstić information content (AvgIpc) is 2.07. The summed E-state index contributed by atoms with van der Waals surface area (Å²) in [6, 6.07) is 9.42. The molecule has 0 saturated carbocycles. The predicted molar refractivity (Wildman–Crippen MR) is 44.6 cm³/mol. The minimum absolute atomic E-state index is 0.198. The molecule has 0 bridgehead atoms. The molecule has 0 aliphatic heterocycles. The van der Waals surface area contributed by atoms with Gasteiger partial charge in [-0.3, -0.25) is 4.85 Å². The molecular formula is C8H9N3. The fraction of sp³-hybridized carbons (Fsp3) is 0.125. The smallest absolute Gasteiger partial charge is 0.292 e. The van der Waals surface area contributed by atoms with Crippen molar-refractivity contribution in [2.45, 2.75) is 0 Å². The van der Waals surface area contributed by atoms with Gasteiger partial charge in [0.15, 0.2) is 0 Å². The van der Waals surface area contributed by atoms with Crippen molar-refractivity contribution in [3.05, 3.63) is 41.7 Å². The first-order valence-corrected chi connectivity index (χ1v) is 3.25. The Kier molecular flexibility index (Phi) is 2.47. The summed E-state index contributed by atoms with van der Waals surface area (Å²) in [6.07, 6.45) is 0. The zero-order valence-corrected chi connectivity index (χ0v) is 6.07. The molecule has 0 radical (unpaired) electrons. The summed E-state index contributed by atoms with van der Waals surface area (Å²) in [5.41, 5.74) is 0.864. The molecule has 0 unspecified atom stereocenters. The summed E-state index contributed by atoms with van der Waals surface area (Å²) in [4.78, 5) is 3.16. The van der Waals surface area contributed by atoms with Crippen LogP contribution in [0.1, 0.15) is 0 Å². The van der Waals surface area contributed by atoms with Gasteiger partial charge >= 0.3 is 6.67 Å². The van der Waals surface area contributed by atoms with E-state index in [4.69, 9.17) is 12.4 Å². The highest BCUT2D eigenvalue weighted by molar-refractivity contribution is 5.44. The highest BCUT2D eigenvalue weighted by Gasteiger charge is 1.99. The van der Waals surface area contributed by atoms with E-state index in [0.717, 1.165) is 5.69 Å². The second kappa shape index (κ2) is 3.59. The molecule has 0 aliphatic carbocycles. The molecular weight excluding hydrogens is 138 g/mol. The first-order chi connectivity index (χ1) is 5.34. The lowest BCUT2D eigenvalue weighted by atomic mass is 10.3. The second-order valence-corrected chi connectivity index (χ2v) is 2.10. The number of rotatable bonds is 2. The largest absolute Gasteiger partial charge is 0.302 e. The van der Waals surface area contributed by atoms with Crippen LogP contribution in [0.2, 0.25) is 0 Å². The predicted octanol–water partition coefficient (Wildman–Crippen LogP) is 1.24. The van der Waals surface area contributed by atoms with Crippen molar-refractivity contribution in [3.8, 4) is 0 Å². The monoisotopic (exact) mass is 147 g/mol. The standard InChI is InChI=1S/C8H9N3/c1-10-7-11(9)8-5-3-2-4-6-8/h2-6H,7,9H2. The second-order valence-electron chi connectivity index (χ2n) is 2.10. The molecule has 1 aromatic carbocycles. The fourth-order valence-electron chi connectivity index (χ4n) is 0.777. The lowest BCUT2D eigenvalue weighted by Gasteiger charge is -2.10. The van der Waals surface area contributed by atoms with Gasteiger partial charge in [0.1, 0.15) is 0 Å². The third-order valence-electron chi connectivity index (χ3n) is 1.31. The van der Waals surface area contributed by atoms with Crippen molar-refractivity contribution in [1.82, 2.24) is 0 Å². The molecule has 56 valence electrons. The maximum Gasteiger partial charge on any atom is 0.302 e. The molecule has 0 heterocycles. The SMILES string of the molecule is [C-]#[N+]CN(N)c1ccccc1. The molecule has 0 aromatic heterocycles. The number of benzene rings is 1. The summed E-state index contributed by atoms with van der Waals surface area (Å²) in [5.74, 6) is 5.53. The fourth-order valence-corrected chi connectivity index (χ4v) is 0.777. The van der Waals surface area contributed by atoms with E-state index >= 15 is 0 Å². The number of para-hydroxylation sites is 1. The van der Waals surface area contributed by atoms with E-state index in [2.05, 4.69) is 4.85 Å². The lowest BCUT2D eigenvalue weighted by Crippen LogP contribution is -2.29. The lowest BCUT2D eigenvalue weighted by molar-refractivity contribution is 0.937. The first kappa shape index (κ1) is 7.58. The Labute approximate surface area is 65.8 Å². The number of hydrogen-bond donors (Lipinski definition) is 1. The molecule has 0 saturated heterocycles. The van der Waals surface area contributed by atoms with E-state index in [1.807, 2.05) is 30.3 Å². The third kappa shape index (κ3) is 1.95.